The molecule has 0 aliphatic carbocycles. The lowest BCUT2D eigenvalue weighted by Crippen LogP contribution is -2.58. The number of para-hydroxylation sites is 1. The van der Waals surface area contributed by atoms with E-state index in [4.69, 9.17) is 14.0 Å². The van der Waals surface area contributed by atoms with Crippen molar-refractivity contribution in [1.82, 2.24) is 20.2 Å². The molecule has 2 N–H and O–H groups in total. The van der Waals surface area contributed by atoms with Crippen molar-refractivity contribution < 1.29 is 46.5 Å². The Kier molecular flexibility index (Phi) is 12.5. The number of ether oxygens (including phenoxy) is 2. The lowest BCUT2D eigenvalue weighted by atomic mass is 9.89. The lowest BCUT2D eigenvalue weighted by Gasteiger charge is -2.43. The van der Waals surface area contributed by atoms with Gasteiger partial charge in [-0.1, -0.05) is 31.2 Å². The number of carbonyl (C=O) groups is 4. The fourth-order valence-electron chi connectivity index (χ4n) is 8.00. The summed E-state index contributed by atoms with van der Waals surface area (Å²) in [6, 6.07) is 15.9. The molecule has 3 saturated heterocycles. The van der Waals surface area contributed by atoms with Crippen molar-refractivity contribution >= 4 is 52.6 Å². The number of hydrogen-bond acceptors (Lipinski definition) is 9. The quantitative estimate of drug-likeness (QED) is 0.0976. The van der Waals surface area contributed by atoms with E-state index in [1.807, 2.05) is 6.92 Å². The zero-order valence-corrected chi connectivity index (χ0v) is 34.2. The molecule has 4 aromatic rings. The van der Waals surface area contributed by atoms with Crippen LogP contribution in [-0.4, -0.2) is 84.5 Å². The van der Waals surface area contributed by atoms with E-state index in [9.17, 15) is 28.1 Å². The van der Waals surface area contributed by atoms with Crippen LogP contribution in [-0.2, 0) is 23.7 Å². The van der Waals surface area contributed by atoms with E-state index in [0.717, 1.165) is 11.3 Å². The molecule has 16 heteroatoms. The minimum Gasteiger partial charge on any atom is -0.496 e. The Hall–Kier alpha value is -4.85. The van der Waals surface area contributed by atoms with Crippen LogP contribution in [0, 0.1) is 5.82 Å². The second kappa shape index (κ2) is 17.6. The maximum Gasteiger partial charge on any atom is 0.355 e. The van der Waals surface area contributed by atoms with Crippen molar-refractivity contribution in [3.8, 4) is 11.5 Å². The number of hydrogen-bond donors (Lipinski definition) is 2. The first-order chi connectivity index (χ1) is 27.9. The Bertz CT molecular complexity index is 2220. The van der Waals surface area contributed by atoms with E-state index in [0.29, 0.717) is 77.9 Å². The van der Waals surface area contributed by atoms with Crippen LogP contribution in [0.25, 0.3) is 10.1 Å². The average Bonchev–Trinajstić information content (AvgIpc) is 3.79. The first-order valence-electron chi connectivity index (χ1n) is 19.6. The molecule has 6 atom stereocenters. The third-order valence-corrected chi connectivity index (χ3v) is 14.2. The number of carbonyl (C=O) groups excluding carboxylic acids is 4. The van der Waals surface area contributed by atoms with Gasteiger partial charge in [0.1, 0.15) is 35.4 Å². The summed E-state index contributed by atoms with van der Waals surface area (Å²) in [6.45, 7) is 4.19. The highest BCUT2D eigenvalue weighted by Crippen LogP contribution is 2.58. The van der Waals surface area contributed by atoms with Gasteiger partial charge in [-0.2, -0.15) is 0 Å². The summed E-state index contributed by atoms with van der Waals surface area (Å²) in [4.78, 5) is 57.9. The number of benzene rings is 3. The number of halogens is 2. The number of rotatable bonds is 14. The predicted molar refractivity (Wildman–Crippen MR) is 215 cm³/mol. The molecule has 0 bridgehead atoms. The maximum atomic E-state index is 16.5. The summed E-state index contributed by atoms with van der Waals surface area (Å²) in [5, 5.41) is 6.00. The average molecular weight is 837 g/mol. The van der Waals surface area contributed by atoms with E-state index >= 15 is 4.39 Å². The van der Waals surface area contributed by atoms with Crippen LogP contribution < -0.4 is 19.7 Å². The predicted octanol–water partition coefficient (Wildman–Crippen LogP) is 7.49. The van der Waals surface area contributed by atoms with E-state index in [1.54, 1.807) is 46.2 Å². The molecular weight excluding hydrogens is 790 g/mol. The van der Waals surface area contributed by atoms with Gasteiger partial charge in [0.25, 0.3) is 5.91 Å². The minimum absolute atomic E-state index is 0.0106. The third kappa shape index (κ3) is 8.62. The van der Waals surface area contributed by atoms with Crippen LogP contribution in [0.4, 0.5) is 8.78 Å². The largest absolute Gasteiger partial charge is 0.496 e. The first kappa shape index (κ1) is 41.3. The summed E-state index contributed by atoms with van der Waals surface area (Å²) in [5.74, 6) is -3.57. The van der Waals surface area contributed by atoms with Gasteiger partial charge >= 0.3 is 13.5 Å². The van der Waals surface area contributed by atoms with E-state index in [2.05, 4.69) is 10.4 Å². The SMILES string of the molecule is CCCOC(=O)[C@H](C)NP(=O)(Oc1ccccc1)C(F)c1ccc2sc(C(=O)N[C@H]3CCC[C@H]4CC[C@@H](C(=O)N5CC(c6cc(F)ccc6OC)C5)N4C3=O)cc2c1. The van der Waals surface area contributed by atoms with Crippen LogP contribution in [0.1, 0.15) is 85.0 Å². The number of methoxy groups -OCH3 is 1. The number of nitrogens with zero attached hydrogens (tertiary/aromatic N) is 2. The number of likely N-dealkylation sites (tertiary alicyclic amines) is 1. The Morgan fingerprint density at radius 2 is 1.78 bits per heavy atom. The monoisotopic (exact) mass is 836 g/mol. The van der Waals surface area contributed by atoms with E-state index < -0.39 is 43.4 Å². The number of amides is 3. The van der Waals surface area contributed by atoms with Crippen LogP contribution in [0.5, 0.6) is 11.5 Å². The fraction of sp³-hybridized carbons (Fsp3) is 0.429. The number of alkyl halides is 1. The van der Waals surface area contributed by atoms with Gasteiger partial charge in [0.05, 0.1) is 18.6 Å². The van der Waals surface area contributed by atoms with Crippen molar-refractivity contribution in [2.24, 2.45) is 0 Å². The molecule has 0 saturated carbocycles. The van der Waals surface area contributed by atoms with Crippen molar-refractivity contribution in [2.75, 3.05) is 26.8 Å². The Balaban J connectivity index is 1.03. The number of fused-ring (bicyclic) bond motifs is 2. The minimum atomic E-state index is -4.45. The second-order valence-electron chi connectivity index (χ2n) is 15.0. The van der Waals surface area contributed by atoms with Gasteiger partial charge in [0.2, 0.25) is 17.7 Å². The zero-order chi connectivity index (χ0) is 41.1. The topological polar surface area (TPSA) is 144 Å². The molecule has 308 valence electrons. The first-order valence-corrected chi connectivity index (χ1v) is 22.1. The molecule has 7 rings (SSSR count). The van der Waals surface area contributed by atoms with Gasteiger partial charge in [0, 0.05) is 35.3 Å². The smallest absolute Gasteiger partial charge is 0.355 e. The van der Waals surface area contributed by atoms with Gasteiger partial charge in [-0.3, -0.25) is 23.7 Å². The summed E-state index contributed by atoms with van der Waals surface area (Å²) in [6.07, 6.45) is 3.61. The van der Waals surface area contributed by atoms with E-state index in [1.165, 1.54) is 50.4 Å². The Labute approximate surface area is 339 Å². The van der Waals surface area contributed by atoms with Crippen molar-refractivity contribution in [1.29, 1.82) is 0 Å². The standard InChI is InChI=1S/C42H47F2N4O8PS/c1-4-19-55-42(52)25(2)46-57(53,56-31-10-6-5-7-11-31)38(44)26-13-18-36-27(20-26)21-37(58-36)39(49)45-33-12-8-9-30-15-16-34(48(30)40(33)50)41(51)47-23-28(24-47)32-22-29(43)14-17-35(32)54-3/h5-7,10-11,13-14,17-18,20-22,25,28,30,33-34,38H,4,8-9,12,15-16,19,23-24H2,1-3H3,(H,45,49)(H,46,53)/t25-,30-,33-,34-,38?,57?/m0/s1. The summed E-state index contributed by atoms with van der Waals surface area (Å²) in [5.41, 5.74) is 0.716. The molecule has 3 aliphatic heterocycles. The second-order valence-corrected chi connectivity index (χ2v) is 18.2. The summed E-state index contributed by atoms with van der Waals surface area (Å²) in [7, 11) is -2.93. The molecular formula is C42H47F2N4O8PS. The number of esters is 1. The van der Waals surface area contributed by atoms with Gasteiger partial charge < -0.3 is 29.1 Å². The van der Waals surface area contributed by atoms with Crippen LogP contribution in [0.3, 0.4) is 0 Å². The maximum absolute atomic E-state index is 16.5. The normalized spacial score (nSPS) is 21.6. The fourth-order valence-corrected chi connectivity index (χ4v) is 10.9. The van der Waals surface area contributed by atoms with Gasteiger partial charge in [-0.15, -0.1) is 11.3 Å². The Morgan fingerprint density at radius 3 is 2.52 bits per heavy atom. The summed E-state index contributed by atoms with van der Waals surface area (Å²) < 4.78 is 61.8. The molecule has 3 fully saturated rings. The zero-order valence-electron chi connectivity index (χ0n) is 32.5. The van der Waals surface area contributed by atoms with Crippen LogP contribution >= 0.6 is 18.9 Å². The highest BCUT2D eigenvalue weighted by molar-refractivity contribution is 7.57. The van der Waals surface area contributed by atoms with E-state index in [-0.39, 0.29) is 47.5 Å². The molecule has 3 aliphatic rings. The van der Waals surface area contributed by atoms with Crippen molar-refractivity contribution in [3.05, 3.63) is 94.6 Å². The molecule has 2 unspecified atom stereocenters. The molecule has 3 amide bonds. The molecule has 58 heavy (non-hydrogen) atoms. The molecule has 0 radical (unpaired) electrons. The highest BCUT2D eigenvalue weighted by Gasteiger charge is 2.48. The molecule has 4 heterocycles. The summed E-state index contributed by atoms with van der Waals surface area (Å²) >= 11 is 1.16. The lowest BCUT2D eigenvalue weighted by molar-refractivity contribution is -0.148. The Morgan fingerprint density at radius 1 is 1.00 bits per heavy atom. The van der Waals surface area contributed by atoms with Crippen LogP contribution in [0.15, 0.2) is 72.8 Å². The van der Waals surface area contributed by atoms with Crippen molar-refractivity contribution in [2.45, 2.75) is 88.4 Å². The van der Waals surface area contributed by atoms with Gasteiger partial charge in [-0.25, -0.2) is 13.9 Å². The molecule has 1 aromatic heterocycles. The van der Waals surface area contributed by atoms with Crippen molar-refractivity contribution in [3.63, 3.8) is 0 Å². The van der Waals surface area contributed by atoms with Gasteiger partial charge in [-0.05, 0) is 105 Å². The third-order valence-electron chi connectivity index (χ3n) is 11.0. The highest BCUT2D eigenvalue weighted by atomic mass is 32.1. The number of thiophene rings is 1. The van der Waals surface area contributed by atoms with Crippen LogP contribution in [0.2, 0.25) is 0 Å². The molecule has 3 aromatic carbocycles. The molecule has 0 spiro atoms. The molecule has 12 nitrogen and oxygen atoms in total. The number of nitrogens with one attached hydrogen (secondary N) is 2. The van der Waals surface area contributed by atoms with Gasteiger partial charge in [0.15, 0.2) is 0 Å².